The molecule has 0 unspecified atom stereocenters. The summed E-state index contributed by atoms with van der Waals surface area (Å²) in [7, 11) is 1.83. The van der Waals surface area contributed by atoms with Crippen LogP contribution in [0.1, 0.15) is 68.2 Å². The van der Waals surface area contributed by atoms with Gasteiger partial charge in [0, 0.05) is 44.2 Å². The molecule has 1 saturated carbocycles. The standard InChI is InChI=1S/C20H36N4OS.HI/c1-3-18-16-24-19(26-18)12-14-23-20(21-2)22-13-8-5-9-15-25-17-10-6-4-7-11-17;/h16-17H,3-15H2,1-2H3,(H2,21,22,23);1H. The lowest BCUT2D eigenvalue weighted by Gasteiger charge is -2.21. The average molecular weight is 509 g/mol. The summed E-state index contributed by atoms with van der Waals surface area (Å²) < 4.78 is 5.98. The van der Waals surface area contributed by atoms with Crippen molar-refractivity contribution in [1.29, 1.82) is 0 Å². The van der Waals surface area contributed by atoms with Crippen molar-refractivity contribution in [2.75, 3.05) is 26.7 Å². The minimum Gasteiger partial charge on any atom is -0.378 e. The first-order valence-electron chi connectivity index (χ1n) is 10.3. The molecule has 2 rings (SSSR count). The minimum absolute atomic E-state index is 0. The molecule has 1 aromatic rings. The van der Waals surface area contributed by atoms with Gasteiger partial charge in [-0.2, -0.15) is 0 Å². The Balaban J connectivity index is 0.00000364. The van der Waals surface area contributed by atoms with E-state index in [9.17, 15) is 0 Å². The molecule has 7 heteroatoms. The number of aromatic nitrogens is 1. The van der Waals surface area contributed by atoms with Crippen LogP contribution in [-0.2, 0) is 17.6 Å². The molecule has 2 N–H and O–H groups in total. The number of nitrogens with one attached hydrogen (secondary N) is 2. The SMILES string of the molecule is CCc1cnc(CCNC(=NC)NCCCCCOC2CCCCC2)s1.I. The van der Waals surface area contributed by atoms with Crippen molar-refractivity contribution >= 4 is 41.3 Å². The van der Waals surface area contributed by atoms with Crippen molar-refractivity contribution in [2.24, 2.45) is 4.99 Å². The second-order valence-electron chi connectivity index (χ2n) is 6.94. The number of nitrogens with zero attached hydrogens (tertiary/aromatic N) is 2. The molecule has 5 nitrogen and oxygen atoms in total. The van der Waals surface area contributed by atoms with Gasteiger partial charge in [0.2, 0.25) is 0 Å². The van der Waals surface area contributed by atoms with Crippen molar-refractivity contribution in [3.05, 3.63) is 16.1 Å². The van der Waals surface area contributed by atoms with E-state index in [1.54, 1.807) is 0 Å². The van der Waals surface area contributed by atoms with Gasteiger partial charge in [-0.25, -0.2) is 4.98 Å². The number of aliphatic imine (C=N–C) groups is 1. The molecule has 0 aliphatic heterocycles. The molecule has 0 saturated heterocycles. The molecule has 0 bridgehead atoms. The van der Waals surface area contributed by atoms with Gasteiger partial charge in [0.25, 0.3) is 0 Å². The number of hydrogen-bond acceptors (Lipinski definition) is 4. The van der Waals surface area contributed by atoms with Crippen molar-refractivity contribution < 1.29 is 4.74 Å². The van der Waals surface area contributed by atoms with Crippen LogP contribution in [0.5, 0.6) is 0 Å². The van der Waals surface area contributed by atoms with Gasteiger partial charge in [-0.05, 0) is 38.5 Å². The van der Waals surface area contributed by atoms with Crippen molar-refractivity contribution in [1.82, 2.24) is 15.6 Å². The summed E-state index contributed by atoms with van der Waals surface area (Å²) in [6, 6.07) is 0. The van der Waals surface area contributed by atoms with E-state index in [0.29, 0.717) is 6.10 Å². The van der Waals surface area contributed by atoms with Gasteiger partial charge in [-0.15, -0.1) is 35.3 Å². The van der Waals surface area contributed by atoms with Gasteiger partial charge >= 0.3 is 0 Å². The number of halogens is 1. The molecule has 0 aromatic carbocycles. The average Bonchev–Trinajstić information content (AvgIpc) is 3.14. The van der Waals surface area contributed by atoms with Crippen LogP contribution in [0.2, 0.25) is 0 Å². The molecule has 1 aliphatic carbocycles. The Morgan fingerprint density at radius 1 is 1.19 bits per heavy atom. The number of thiazole rings is 1. The normalized spacial score (nSPS) is 15.4. The van der Waals surface area contributed by atoms with Crippen LogP contribution in [0.3, 0.4) is 0 Å². The van der Waals surface area contributed by atoms with Crippen molar-refractivity contribution in [3.63, 3.8) is 0 Å². The highest BCUT2D eigenvalue weighted by atomic mass is 127. The second-order valence-corrected chi connectivity index (χ2v) is 8.14. The van der Waals surface area contributed by atoms with E-state index in [1.807, 2.05) is 24.6 Å². The summed E-state index contributed by atoms with van der Waals surface area (Å²) in [5.74, 6) is 0.885. The Kier molecular flexibility index (Phi) is 14.1. The highest BCUT2D eigenvalue weighted by Gasteiger charge is 2.12. The van der Waals surface area contributed by atoms with Gasteiger partial charge in [-0.1, -0.05) is 26.2 Å². The predicted molar refractivity (Wildman–Crippen MR) is 127 cm³/mol. The largest absolute Gasteiger partial charge is 0.378 e. The summed E-state index contributed by atoms with van der Waals surface area (Å²) in [5, 5.41) is 7.96. The highest BCUT2D eigenvalue weighted by molar-refractivity contribution is 14.0. The molecular formula is C20H37IN4OS. The van der Waals surface area contributed by atoms with E-state index in [1.165, 1.54) is 48.4 Å². The van der Waals surface area contributed by atoms with Gasteiger partial charge < -0.3 is 15.4 Å². The van der Waals surface area contributed by atoms with E-state index in [0.717, 1.165) is 51.3 Å². The number of unbranched alkanes of at least 4 members (excludes halogenated alkanes) is 2. The second kappa shape index (κ2) is 15.5. The van der Waals surface area contributed by atoms with Gasteiger partial charge in [0.05, 0.1) is 11.1 Å². The Morgan fingerprint density at radius 3 is 2.67 bits per heavy atom. The van der Waals surface area contributed by atoms with Crippen molar-refractivity contribution in [3.8, 4) is 0 Å². The Morgan fingerprint density at radius 2 is 1.96 bits per heavy atom. The van der Waals surface area contributed by atoms with Crippen LogP contribution in [0.25, 0.3) is 0 Å². The number of guanidine groups is 1. The first-order chi connectivity index (χ1) is 12.8. The van der Waals surface area contributed by atoms with Gasteiger partial charge in [0.15, 0.2) is 5.96 Å². The van der Waals surface area contributed by atoms with E-state index < -0.39 is 0 Å². The number of ether oxygens (including phenoxy) is 1. The molecule has 1 heterocycles. The molecule has 1 aromatic heterocycles. The molecule has 1 fully saturated rings. The van der Waals surface area contributed by atoms with E-state index >= 15 is 0 Å². The lowest BCUT2D eigenvalue weighted by Crippen LogP contribution is -2.38. The number of hydrogen-bond donors (Lipinski definition) is 2. The number of aryl methyl sites for hydroxylation is 1. The molecule has 0 amide bonds. The fourth-order valence-electron chi connectivity index (χ4n) is 3.23. The van der Waals surface area contributed by atoms with Crippen molar-refractivity contribution in [2.45, 2.75) is 77.2 Å². The summed E-state index contributed by atoms with van der Waals surface area (Å²) in [6.45, 7) is 4.92. The molecule has 0 radical (unpaired) electrons. The van der Waals surface area contributed by atoms with Crippen LogP contribution in [0.15, 0.2) is 11.2 Å². The zero-order valence-corrected chi connectivity index (χ0v) is 20.1. The molecular weight excluding hydrogens is 471 g/mol. The maximum Gasteiger partial charge on any atom is 0.190 e. The number of rotatable bonds is 11. The van der Waals surface area contributed by atoms with Crippen LogP contribution in [-0.4, -0.2) is 43.8 Å². The maximum absolute atomic E-state index is 5.98. The predicted octanol–water partition coefficient (Wildman–Crippen LogP) is 4.55. The maximum atomic E-state index is 5.98. The molecule has 0 spiro atoms. The summed E-state index contributed by atoms with van der Waals surface area (Å²) in [5.41, 5.74) is 0. The fourth-order valence-corrected chi connectivity index (χ4v) is 4.09. The van der Waals surface area contributed by atoms with Crippen LogP contribution >= 0.6 is 35.3 Å². The monoisotopic (exact) mass is 508 g/mol. The third kappa shape index (κ3) is 10.6. The molecule has 1 aliphatic rings. The first-order valence-corrected chi connectivity index (χ1v) is 11.1. The zero-order valence-electron chi connectivity index (χ0n) is 17.0. The third-order valence-corrected chi connectivity index (χ3v) is 6.03. The minimum atomic E-state index is 0. The summed E-state index contributed by atoms with van der Waals surface area (Å²) in [6.07, 6.45) is 14.7. The van der Waals surface area contributed by atoms with E-state index in [4.69, 9.17) is 4.74 Å². The first kappa shape index (κ1) is 24.6. The van der Waals surface area contributed by atoms with Crippen LogP contribution in [0, 0.1) is 0 Å². The Hall–Kier alpha value is -0.410. The van der Waals surface area contributed by atoms with Gasteiger partial charge in [-0.3, -0.25) is 4.99 Å². The third-order valence-electron chi connectivity index (χ3n) is 4.82. The quantitative estimate of drug-likeness (QED) is 0.199. The fraction of sp³-hybridized carbons (Fsp3) is 0.800. The Bertz CT molecular complexity index is 518. The summed E-state index contributed by atoms with van der Waals surface area (Å²) >= 11 is 1.81. The smallest absolute Gasteiger partial charge is 0.190 e. The van der Waals surface area contributed by atoms with E-state index in [2.05, 4.69) is 27.5 Å². The van der Waals surface area contributed by atoms with E-state index in [-0.39, 0.29) is 24.0 Å². The lowest BCUT2D eigenvalue weighted by atomic mass is 9.98. The van der Waals surface area contributed by atoms with Crippen LogP contribution in [0.4, 0.5) is 0 Å². The van der Waals surface area contributed by atoms with Gasteiger partial charge in [0.1, 0.15) is 0 Å². The van der Waals surface area contributed by atoms with Crippen LogP contribution < -0.4 is 10.6 Å². The highest BCUT2D eigenvalue weighted by Crippen LogP contribution is 2.20. The zero-order chi connectivity index (χ0) is 18.5. The topological polar surface area (TPSA) is 58.5 Å². The molecule has 0 atom stereocenters. The summed E-state index contributed by atoms with van der Waals surface area (Å²) in [4.78, 5) is 10.1. The Labute approximate surface area is 186 Å². The lowest BCUT2D eigenvalue weighted by molar-refractivity contribution is 0.0264. The molecule has 156 valence electrons. The molecule has 27 heavy (non-hydrogen) atoms.